The first-order valence-electron chi connectivity index (χ1n) is 3.30. The SMILES string of the molecule is O=C1CS[C@H](c2cccs2)N1. The first kappa shape index (κ1) is 7.18. The average Bonchev–Trinajstić information content (AvgIpc) is 2.55. The van der Waals surface area contributed by atoms with Crippen molar-refractivity contribution >= 4 is 29.0 Å². The number of carbonyl (C=O) groups excluding carboxylic acids is 1. The van der Waals surface area contributed by atoms with Crippen molar-refractivity contribution < 1.29 is 4.79 Å². The van der Waals surface area contributed by atoms with Gasteiger partial charge in [0.2, 0.25) is 5.91 Å². The fourth-order valence-corrected chi connectivity index (χ4v) is 2.87. The van der Waals surface area contributed by atoms with E-state index in [0.29, 0.717) is 5.75 Å². The molecule has 1 amide bonds. The van der Waals surface area contributed by atoms with Gasteiger partial charge < -0.3 is 5.32 Å². The Hall–Kier alpha value is -0.480. The summed E-state index contributed by atoms with van der Waals surface area (Å²) < 4.78 is 0. The summed E-state index contributed by atoms with van der Waals surface area (Å²) in [6, 6.07) is 4.05. The van der Waals surface area contributed by atoms with Crippen LogP contribution in [-0.2, 0) is 4.79 Å². The van der Waals surface area contributed by atoms with Gasteiger partial charge in [0.1, 0.15) is 5.37 Å². The average molecular weight is 185 g/mol. The lowest BCUT2D eigenvalue weighted by atomic mass is 10.4. The molecule has 0 aromatic carbocycles. The van der Waals surface area contributed by atoms with E-state index in [-0.39, 0.29) is 11.3 Å². The van der Waals surface area contributed by atoms with E-state index < -0.39 is 0 Å². The third-order valence-corrected chi connectivity index (χ3v) is 3.70. The molecule has 0 bridgehead atoms. The number of nitrogens with one attached hydrogen (secondary N) is 1. The summed E-state index contributed by atoms with van der Waals surface area (Å²) in [6.07, 6.45) is 0. The second kappa shape index (κ2) is 2.87. The van der Waals surface area contributed by atoms with Crippen LogP contribution in [0, 0.1) is 0 Å². The second-order valence-corrected chi connectivity index (χ2v) is 4.35. The minimum atomic E-state index is 0.147. The molecular formula is C7H7NOS2. The Bertz CT molecular complexity index is 257. The molecule has 0 spiro atoms. The van der Waals surface area contributed by atoms with Gasteiger partial charge in [-0.2, -0.15) is 0 Å². The largest absolute Gasteiger partial charge is 0.339 e. The van der Waals surface area contributed by atoms with Crippen molar-refractivity contribution in [3.05, 3.63) is 22.4 Å². The van der Waals surface area contributed by atoms with Gasteiger partial charge in [-0.15, -0.1) is 23.1 Å². The maximum absolute atomic E-state index is 10.8. The van der Waals surface area contributed by atoms with Crippen LogP contribution in [0.3, 0.4) is 0 Å². The quantitative estimate of drug-likeness (QED) is 0.720. The van der Waals surface area contributed by atoms with Gasteiger partial charge >= 0.3 is 0 Å². The summed E-state index contributed by atoms with van der Waals surface area (Å²) in [5, 5.41) is 5.13. The number of amides is 1. The van der Waals surface area contributed by atoms with E-state index in [1.807, 2.05) is 17.5 Å². The highest BCUT2D eigenvalue weighted by Gasteiger charge is 2.23. The summed E-state index contributed by atoms with van der Waals surface area (Å²) >= 11 is 3.34. The van der Waals surface area contributed by atoms with E-state index in [9.17, 15) is 4.79 Å². The van der Waals surface area contributed by atoms with Gasteiger partial charge in [-0.05, 0) is 11.4 Å². The number of thiophene rings is 1. The van der Waals surface area contributed by atoms with Gasteiger partial charge in [-0.3, -0.25) is 4.79 Å². The van der Waals surface area contributed by atoms with Crippen molar-refractivity contribution in [2.75, 3.05) is 5.75 Å². The molecule has 0 radical (unpaired) electrons. The molecule has 1 aliphatic rings. The molecule has 1 aliphatic heterocycles. The molecule has 4 heteroatoms. The molecule has 1 saturated heterocycles. The van der Waals surface area contributed by atoms with E-state index in [1.54, 1.807) is 23.1 Å². The minimum Gasteiger partial charge on any atom is -0.339 e. The van der Waals surface area contributed by atoms with E-state index in [2.05, 4.69) is 5.32 Å². The monoisotopic (exact) mass is 185 g/mol. The summed E-state index contributed by atoms with van der Waals surface area (Å²) in [5.74, 6) is 0.746. The van der Waals surface area contributed by atoms with Crippen LogP contribution < -0.4 is 5.32 Å². The lowest BCUT2D eigenvalue weighted by Crippen LogP contribution is -2.18. The lowest BCUT2D eigenvalue weighted by Gasteiger charge is -2.04. The number of rotatable bonds is 1. The molecule has 2 heterocycles. The van der Waals surface area contributed by atoms with Crippen molar-refractivity contribution in [3.8, 4) is 0 Å². The van der Waals surface area contributed by atoms with Crippen LogP contribution in [0.4, 0.5) is 0 Å². The highest BCUT2D eigenvalue weighted by molar-refractivity contribution is 8.00. The molecule has 0 unspecified atom stereocenters. The Labute approximate surface area is 73.0 Å². The van der Waals surface area contributed by atoms with E-state index in [1.165, 1.54) is 4.88 Å². The Morgan fingerprint density at radius 3 is 3.09 bits per heavy atom. The summed E-state index contributed by atoms with van der Waals surface area (Å²) in [4.78, 5) is 12.1. The van der Waals surface area contributed by atoms with Crippen LogP contribution in [0.25, 0.3) is 0 Å². The molecule has 1 aromatic heterocycles. The fourth-order valence-electron chi connectivity index (χ4n) is 0.982. The topological polar surface area (TPSA) is 29.1 Å². The molecule has 11 heavy (non-hydrogen) atoms. The Morgan fingerprint density at radius 2 is 2.55 bits per heavy atom. The van der Waals surface area contributed by atoms with Crippen molar-refractivity contribution in [2.45, 2.75) is 5.37 Å². The van der Waals surface area contributed by atoms with Gasteiger partial charge in [0.25, 0.3) is 0 Å². The first-order chi connectivity index (χ1) is 5.36. The maximum atomic E-state index is 10.8. The smallest absolute Gasteiger partial charge is 0.231 e. The zero-order chi connectivity index (χ0) is 7.68. The zero-order valence-electron chi connectivity index (χ0n) is 5.74. The Kier molecular flexibility index (Phi) is 1.87. The second-order valence-electron chi connectivity index (χ2n) is 2.27. The van der Waals surface area contributed by atoms with Crippen molar-refractivity contribution in [1.82, 2.24) is 5.32 Å². The van der Waals surface area contributed by atoms with E-state index in [0.717, 1.165) is 0 Å². The van der Waals surface area contributed by atoms with Crippen LogP contribution >= 0.6 is 23.1 Å². The van der Waals surface area contributed by atoms with Crippen LogP contribution in [0.5, 0.6) is 0 Å². The molecule has 58 valence electrons. The third kappa shape index (κ3) is 1.41. The molecule has 0 saturated carbocycles. The summed E-state index contributed by atoms with van der Waals surface area (Å²) in [7, 11) is 0. The molecule has 1 fully saturated rings. The van der Waals surface area contributed by atoms with Crippen LogP contribution in [0.1, 0.15) is 10.3 Å². The third-order valence-electron chi connectivity index (χ3n) is 1.47. The van der Waals surface area contributed by atoms with Gasteiger partial charge in [-0.1, -0.05) is 6.07 Å². The predicted octanol–water partition coefficient (Wildman–Crippen LogP) is 1.61. The van der Waals surface area contributed by atoms with Crippen LogP contribution in [-0.4, -0.2) is 11.7 Å². The number of hydrogen-bond donors (Lipinski definition) is 1. The summed E-state index contributed by atoms with van der Waals surface area (Å²) in [5.41, 5.74) is 0. The highest BCUT2D eigenvalue weighted by Crippen LogP contribution is 2.32. The fraction of sp³-hybridized carbons (Fsp3) is 0.286. The van der Waals surface area contributed by atoms with E-state index in [4.69, 9.17) is 0 Å². The number of carbonyl (C=O) groups is 1. The molecule has 0 aliphatic carbocycles. The Balaban J connectivity index is 2.13. The first-order valence-corrected chi connectivity index (χ1v) is 5.23. The molecular weight excluding hydrogens is 178 g/mol. The highest BCUT2D eigenvalue weighted by atomic mass is 32.2. The Morgan fingerprint density at radius 1 is 1.64 bits per heavy atom. The molecule has 2 rings (SSSR count). The van der Waals surface area contributed by atoms with Crippen molar-refractivity contribution in [2.24, 2.45) is 0 Å². The number of thioether (sulfide) groups is 1. The van der Waals surface area contributed by atoms with Crippen molar-refractivity contribution in [1.29, 1.82) is 0 Å². The van der Waals surface area contributed by atoms with Crippen LogP contribution in [0.2, 0.25) is 0 Å². The predicted molar refractivity (Wildman–Crippen MR) is 47.7 cm³/mol. The molecule has 1 N–H and O–H groups in total. The zero-order valence-corrected chi connectivity index (χ0v) is 7.37. The lowest BCUT2D eigenvalue weighted by molar-refractivity contribution is -0.118. The molecule has 2 nitrogen and oxygen atoms in total. The standard InChI is InChI=1S/C7H7NOS2/c9-6-4-11-7(8-6)5-2-1-3-10-5/h1-3,7H,4H2,(H,8,9)/t7-/m1/s1. The van der Waals surface area contributed by atoms with Gasteiger partial charge in [0.15, 0.2) is 0 Å². The molecule has 1 aromatic rings. The molecule has 1 atom stereocenters. The summed E-state index contributed by atoms with van der Waals surface area (Å²) in [6.45, 7) is 0. The number of hydrogen-bond acceptors (Lipinski definition) is 3. The van der Waals surface area contributed by atoms with Crippen molar-refractivity contribution in [3.63, 3.8) is 0 Å². The van der Waals surface area contributed by atoms with Crippen LogP contribution in [0.15, 0.2) is 17.5 Å². The van der Waals surface area contributed by atoms with Gasteiger partial charge in [-0.25, -0.2) is 0 Å². The van der Waals surface area contributed by atoms with Gasteiger partial charge in [0, 0.05) is 4.88 Å². The minimum absolute atomic E-state index is 0.147. The van der Waals surface area contributed by atoms with E-state index >= 15 is 0 Å². The van der Waals surface area contributed by atoms with Gasteiger partial charge in [0.05, 0.1) is 5.75 Å². The normalized spacial score (nSPS) is 23.6. The maximum Gasteiger partial charge on any atom is 0.231 e.